The lowest BCUT2D eigenvalue weighted by Crippen LogP contribution is -2.25. The number of nitrogens with one attached hydrogen (secondary N) is 1. The Kier molecular flexibility index (Phi) is 4.89. The van der Waals surface area contributed by atoms with E-state index in [4.69, 9.17) is 11.6 Å². The molecule has 2 rings (SSSR count). The molecule has 0 aromatic carbocycles. The fourth-order valence-electron chi connectivity index (χ4n) is 1.64. The highest BCUT2D eigenvalue weighted by molar-refractivity contribution is 7.16. The molecule has 7 heteroatoms. The van der Waals surface area contributed by atoms with E-state index in [0.29, 0.717) is 4.34 Å². The third-order valence-electron chi connectivity index (χ3n) is 2.46. The summed E-state index contributed by atoms with van der Waals surface area (Å²) in [6.07, 6.45) is -4.98. The second-order valence-corrected chi connectivity index (χ2v) is 6.64. The molecular weight excluding hydrogens is 315 g/mol. The predicted molar refractivity (Wildman–Crippen MR) is 74.2 cm³/mol. The van der Waals surface area contributed by atoms with E-state index in [-0.39, 0.29) is 12.6 Å². The van der Waals surface area contributed by atoms with Crippen molar-refractivity contribution in [3.63, 3.8) is 0 Å². The van der Waals surface area contributed by atoms with Crippen LogP contribution in [0.4, 0.5) is 13.2 Å². The van der Waals surface area contributed by atoms with Gasteiger partial charge in [-0.2, -0.15) is 13.2 Å². The lowest BCUT2D eigenvalue weighted by molar-refractivity contribution is -0.133. The van der Waals surface area contributed by atoms with Crippen LogP contribution in [0.15, 0.2) is 29.6 Å². The average molecular weight is 326 g/mol. The Morgan fingerprint density at radius 3 is 2.53 bits per heavy atom. The molecule has 2 heterocycles. The largest absolute Gasteiger partial charge is 0.390 e. The summed E-state index contributed by atoms with van der Waals surface area (Å²) in [4.78, 5) is 1.91. The van der Waals surface area contributed by atoms with Gasteiger partial charge in [-0.3, -0.25) is 0 Å². The Hall–Kier alpha value is -0.560. The molecule has 1 atom stereocenters. The van der Waals surface area contributed by atoms with E-state index < -0.39 is 12.6 Å². The van der Waals surface area contributed by atoms with Crippen LogP contribution in [-0.2, 0) is 0 Å². The minimum atomic E-state index is -4.14. The van der Waals surface area contributed by atoms with Crippen molar-refractivity contribution in [2.45, 2.75) is 18.6 Å². The fourth-order valence-corrected chi connectivity index (χ4v) is 3.69. The fraction of sp³-hybridized carbons (Fsp3) is 0.333. The molecule has 0 amide bonds. The zero-order chi connectivity index (χ0) is 13.9. The van der Waals surface area contributed by atoms with Crippen LogP contribution in [0.2, 0.25) is 4.34 Å². The van der Waals surface area contributed by atoms with Crippen LogP contribution in [-0.4, -0.2) is 12.7 Å². The summed E-state index contributed by atoms with van der Waals surface area (Å²) in [5, 5.41) is 4.86. The summed E-state index contributed by atoms with van der Waals surface area (Å²) in [5.41, 5.74) is 0. The van der Waals surface area contributed by atoms with Gasteiger partial charge in [0.15, 0.2) is 0 Å². The van der Waals surface area contributed by atoms with Gasteiger partial charge in [-0.25, -0.2) is 0 Å². The standard InChI is InChI=1S/C12H11ClF3NS2/c13-10-4-3-9(19-10)11(8-2-1-7-18-8)17-6-5-12(14,15)16/h1-4,7,11,17H,5-6H2. The molecule has 1 N–H and O–H groups in total. The van der Waals surface area contributed by atoms with Crippen LogP contribution in [0.25, 0.3) is 0 Å². The van der Waals surface area contributed by atoms with Crippen LogP contribution in [0.1, 0.15) is 22.2 Å². The highest BCUT2D eigenvalue weighted by Crippen LogP contribution is 2.33. The van der Waals surface area contributed by atoms with Crippen molar-refractivity contribution in [2.24, 2.45) is 0 Å². The molecule has 0 aliphatic heterocycles. The molecule has 19 heavy (non-hydrogen) atoms. The number of halogens is 4. The maximum Gasteiger partial charge on any atom is 0.390 e. The number of hydrogen-bond donors (Lipinski definition) is 1. The maximum atomic E-state index is 12.2. The molecule has 0 saturated heterocycles. The molecule has 1 nitrogen and oxygen atoms in total. The van der Waals surface area contributed by atoms with Gasteiger partial charge in [0, 0.05) is 16.3 Å². The van der Waals surface area contributed by atoms with Crippen LogP contribution in [0, 0.1) is 0 Å². The highest BCUT2D eigenvalue weighted by Gasteiger charge is 2.27. The second-order valence-electron chi connectivity index (χ2n) is 3.91. The SMILES string of the molecule is FC(F)(F)CCNC(c1cccs1)c1ccc(Cl)s1. The van der Waals surface area contributed by atoms with Crippen LogP contribution in [0.3, 0.4) is 0 Å². The first-order valence-corrected chi connectivity index (χ1v) is 7.62. The molecule has 0 spiro atoms. The molecule has 0 aliphatic carbocycles. The molecule has 0 aliphatic rings. The zero-order valence-electron chi connectivity index (χ0n) is 9.71. The van der Waals surface area contributed by atoms with Gasteiger partial charge < -0.3 is 5.32 Å². The average Bonchev–Trinajstić information content (AvgIpc) is 2.94. The van der Waals surface area contributed by atoms with Gasteiger partial charge in [0.25, 0.3) is 0 Å². The number of alkyl halides is 3. The van der Waals surface area contributed by atoms with Gasteiger partial charge in [-0.15, -0.1) is 22.7 Å². The minimum absolute atomic E-state index is 0.110. The van der Waals surface area contributed by atoms with Gasteiger partial charge in [-0.1, -0.05) is 17.7 Å². The van der Waals surface area contributed by atoms with Crippen molar-refractivity contribution < 1.29 is 13.2 Å². The van der Waals surface area contributed by atoms with E-state index in [1.54, 1.807) is 6.07 Å². The van der Waals surface area contributed by atoms with Gasteiger partial charge in [0.05, 0.1) is 16.8 Å². The van der Waals surface area contributed by atoms with Gasteiger partial charge in [-0.05, 0) is 23.6 Å². The third-order valence-corrected chi connectivity index (χ3v) is 4.70. The van der Waals surface area contributed by atoms with Crippen molar-refractivity contribution in [3.05, 3.63) is 43.7 Å². The summed E-state index contributed by atoms with van der Waals surface area (Å²) < 4.78 is 37.2. The summed E-state index contributed by atoms with van der Waals surface area (Å²) in [5.74, 6) is 0. The number of hydrogen-bond acceptors (Lipinski definition) is 3. The van der Waals surface area contributed by atoms with E-state index in [0.717, 1.165) is 9.75 Å². The molecule has 0 bridgehead atoms. The number of thiophene rings is 2. The Morgan fingerprint density at radius 1 is 1.21 bits per heavy atom. The van der Waals surface area contributed by atoms with Crippen molar-refractivity contribution in [3.8, 4) is 0 Å². The van der Waals surface area contributed by atoms with E-state index in [9.17, 15) is 13.2 Å². The van der Waals surface area contributed by atoms with E-state index >= 15 is 0 Å². The molecule has 0 saturated carbocycles. The van der Waals surface area contributed by atoms with Gasteiger partial charge in [0.1, 0.15) is 0 Å². The van der Waals surface area contributed by atoms with Crippen LogP contribution in [0.5, 0.6) is 0 Å². The molecular formula is C12H11ClF3NS2. The van der Waals surface area contributed by atoms with E-state index in [1.807, 2.05) is 23.6 Å². The van der Waals surface area contributed by atoms with E-state index in [1.165, 1.54) is 22.7 Å². The van der Waals surface area contributed by atoms with Gasteiger partial charge in [0.2, 0.25) is 0 Å². The normalized spacial score (nSPS) is 13.7. The van der Waals surface area contributed by atoms with Crippen LogP contribution < -0.4 is 5.32 Å². The summed E-state index contributed by atoms with van der Waals surface area (Å²) >= 11 is 8.78. The van der Waals surface area contributed by atoms with Crippen LogP contribution >= 0.6 is 34.3 Å². The first kappa shape index (κ1) is 14.8. The monoisotopic (exact) mass is 325 g/mol. The van der Waals surface area contributed by atoms with Gasteiger partial charge >= 0.3 is 6.18 Å². The minimum Gasteiger partial charge on any atom is -0.305 e. The molecule has 2 aromatic rings. The topological polar surface area (TPSA) is 12.0 Å². The Morgan fingerprint density at radius 2 is 2.00 bits per heavy atom. The Bertz CT molecular complexity index is 507. The number of rotatable bonds is 5. The van der Waals surface area contributed by atoms with Crippen molar-refractivity contribution in [1.29, 1.82) is 0 Å². The summed E-state index contributed by atoms with van der Waals surface area (Å²) in [6.45, 7) is -0.110. The first-order valence-electron chi connectivity index (χ1n) is 5.54. The summed E-state index contributed by atoms with van der Waals surface area (Å²) in [7, 11) is 0. The molecule has 0 radical (unpaired) electrons. The molecule has 2 aromatic heterocycles. The van der Waals surface area contributed by atoms with Crippen molar-refractivity contribution in [2.75, 3.05) is 6.54 Å². The first-order chi connectivity index (χ1) is 8.96. The third kappa shape index (κ3) is 4.49. The lowest BCUT2D eigenvalue weighted by atomic mass is 10.2. The quantitative estimate of drug-likeness (QED) is 0.807. The Labute approximate surface area is 122 Å². The van der Waals surface area contributed by atoms with Crippen molar-refractivity contribution >= 4 is 34.3 Å². The molecule has 104 valence electrons. The smallest absolute Gasteiger partial charge is 0.305 e. The van der Waals surface area contributed by atoms with Crippen molar-refractivity contribution in [1.82, 2.24) is 5.32 Å². The zero-order valence-corrected chi connectivity index (χ0v) is 12.1. The molecule has 0 fully saturated rings. The highest BCUT2D eigenvalue weighted by atomic mass is 35.5. The second kappa shape index (κ2) is 6.26. The predicted octanol–water partition coefficient (Wildman–Crippen LogP) is 5.09. The lowest BCUT2D eigenvalue weighted by Gasteiger charge is -2.16. The molecule has 1 unspecified atom stereocenters. The maximum absolute atomic E-state index is 12.2. The summed E-state index contributed by atoms with van der Waals surface area (Å²) in [6, 6.07) is 7.17. The van der Waals surface area contributed by atoms with E-state index in [2.05, 4.69) is 5.32 Å². The Balaban J connectivity index is 2.08.